The van der Waals surface area contributed by atoms with Gasteiger partial charge in [-0.25, -0.2) is 0 Å². The molecule has 0 aliphatic rings. The lowest BCUT2D eigenvalue weighted by molar-refractivity contribution is 0.669. The molecule has 56 heavy (non-hydrogen) atoms. The van der Waals surface area contributed by atoms with Crippen LogP contribution in [0.15, 0.2) is 217 Å². The van der Waals surface area contributed by atoms with Crippen LogP contribution in [0.3, 0.4) is 0 Å². The fourth-order valence-electron chi connectivity index (χ4n) is 8.43. The van der Waals surface area contributed by atoms with Gasteiger partial charge in [-0.2, -0.15) is 0 Å². The minimum Gasteiger partial charge on any atom is -0.456 e. The summed E-state index contributed by atoms with van der Waals surface area (Å²) in [5.74, 6) is 0. The first kappa shape index (κ1) is 32.0. The Morgan fingerprint density at radius 1 is 0.268 bits per heavy atom. The van der Waals surface area contributed by atoms with Crippen LogP contribution in [-0.4, -0.2) is 0 Å². The molecule has 0 saturated heterocycles. The van der Waals surface area contributed by atoms with Crippen LogP contribution in [0.1, 0.15) is 0 Å². The minimum atomic E-state index is 0.901. The Balaban J connectivity index is 1.02. The van der Waals surface area contributed by atoms with Crippen LogP contribution in [-0.2, 0) is 0 Å². The van der Waals surface area contributed by atoms with Crippen LogP contribution < -0.4 is 4.90 Å². The highest BCUT2D eigenvalue weighted by atomic mass is 16.3. The fraction of sp³-hybridized carbons (Fsp3) is 0. The van der Waals surface area contributed by atoms with E-state index in [4.69, 9.17) is 4.42 Å². The fourth-order valence-corrected chi connectivity index (χ4v) is 8.43. The normalized spacial score (nSPS) is 11.6. The summed E-state index contributed by atoms with van der Waals surface area (Å²) in [6.07, 6.45) is 0. The second kappa shape index (κ2) is 13.2. The maximum atomic E-state index is 6.16. The maximum absolute atomic E-state index is 6.16. The highest BCUT2D eigenvalue weighted by molar-refractivity contribution is 6.14. The molecule has 0 aliphatic heterocycles. The van der Waals surface area contributed by atoms with Gasteiger partial charge in [0.05, 0.1) is 0 Å². The topological polar surface area (TPSA) is 16.4 Å². The lowest BCUT2D eigenvalue weighted by Gasteiger charge is -2.26. The Labute approximate surface area is 325 Å². The number of benzene rings is 10. The van der Waals surface area contributed by atoms with Gasteiger partial charge in [-0.1, -0.05) is 146 Å². The monoisotopic (exact) mass is 713 g/mol. The largest absolute Gasteiger partial charge is 0.456 e. The van der Waals surface area contributed by atoms with Gasteiger partial charge in [0.1, 0.15) is 11.2 Å². The van der Waals surface area contributed by atoms with Crippen LogP contribution in [0.25, 0.3) is 87.6 Å². The van der Waals surface area contributed by atoms with Crippen LogP contribution in [0.5, 0.6) is 0 Å². The number of hydrogen-bond acceptors (Lipinski definition) is 2. The van der Waals surface area contributed by atoms with E-state index in [-0.39, 0.29) is 0 Å². The Morgan fingerprint density at radius 3 is 1.64 bits per heavy atom. The molecule has 262 valence electrons. The molecule has 2 nitrogen and oxygen atoms in total. The first-order valence-electron chi connectivity index (χ1n) is 19.2. The third-order valence-electron chi connectivity index (χ3n) is 11.2. The summed E-state index contributed by atoms with van der Waals surface area (Å²) in [6.45, 7) is 0. The minimum absolute atomic E-state index is 0.901. The highest BCUT2D eigenvalue weighted by Gasteiger charge is 2.16. The summed E-state index contributed by atoms with van der Waals surface area (Å²) in [5.41, 5.74) is 12.2. The van der Waals surface area contributed by atoms with E-state index in [9.17, 15) is 0 Å². The number of fused-ring (bicyclic) bond motifs is 7. The van der Waals surface area contributed by atoms with E-state index < -0.39 is 0 Å². The molecule has 11 aromatic rings. The molecule has 0 atom stereocenters. The number of para-hydroxylation sites is 1. The van der Waals surface area contributed by atoms with Gasteiger partial charge in [-0.05, 0) is 132 Å². The molecular formula is C54H35NO. The lowest BCUT2D eigenvalue weighted by Crippen LogP contribution is -2.10. The van der Waals surface area contributed by atoms with E-state index in [0.717, 1.165) is 50.1 Å². The summed E-state index contributed by atoms with van der Waals surface area (Å²) in [6, 6.07) is 76.6. The molecule has 0 saturated carbocycles. The van der Waals surface area contributed by atoms with Gasteiger partial charge >= 0.3 is 0 Å². The predicted molar refractivity (Wildman–Crippen MR) is 237 cm³/mol. The SMILES string of the molecule is c1cc(-c2ccc3oc4ccccc4c3c2)cc(N(c2ccc(-c3ccc4ccccc4c3)cc2)c2ccc(-c3cc4ccccc4c4ccccc34)cc2)c1. The summed E-state index contributed by atoms with van der Waals surface area (Å²) in [4.78, 5) is 2.36. The third-order valence-corrected chi connectivity index (χ3v) is 11.2. The van der Waals surface area contributed by atoms with Crippen molar-refractivity contribution in [2.75, 3.05) is 4.90 Å². The van der Waals surface area contributed by atoms with Crippen molar-refractivity contribution < 1.29 is 4.42 Å². The van der Waals surface area contributed by atoms with Crippen molar-refractivity contribution >= 4 is 71.3 Å². The first-order valence-corrected chi connectivity index (χ1v) is 19.2. The van der Waals surface area contributed by atoms with Crippen LogP contribution >= 0.6 is 0 Å². The molecule has 0 amide bonds. The smallest absolute Gasteiger partial charge is 0.135 e. The lowest BCUT2D eigenvalue weighted by atomic mass is 9.93. The van der Waals surface area contributed by atoms with Crippen LogP contribution in [0, 0.1) is 0 Å². The summed E-state index contributed by atoms with van der Waals surface area (Å²) in [7, 11) is 0. The van der Waals surface area contributed by atoms with Crippen LogP contribution in [0.2, 0.25) is 0 Å². The van der Waals surface area contributed by atoms with Crippen molar-refractivity contribution in [1.29, 1.82) is 0 Å². The van der Waals surface area contributed by atoms with Crippen molar-refractivity contribution in [3.05, 3.63) is 212 Å². The van der Waals surface area contributed by atoms with Gasteiger partial charge in [-0.15, -0.1) is 0 Å². The number of rotatable bonds is 6. The standard InChI is InChI=1S/C54H35NO/c1-2-11-39-32-41(21-20-36(39)10-1)37-22-27-44(28-23-37)55(46-14-9-13-40(33-46)42-26-31-54-52(34-42)50-18-7-8-19-53(50)56-54)45-29-24-38(25-30-45)51-35-43-12-3-4-15-47(43)48-16-5-6-17-49(48)51/h1-35H. The Morgan fingerprint density at radius 2 is 0.839 bits per heavy atom. The number of anilines is 3. The maximum Gasteiger partial charge on any atom is 0.135 e. The van der Waals surface area contributed by atoms with Gasteiger partial charge in [-0.3, -0.25) is 0 Å². The van der Waals surface area contributed by atoms with Crippen LogP contribution in [0.4, 0.5) is 17.1 Å². The average molecular weight is 714 g/mol. The predicted octanol–water partition coefficient (Wildman–Crippen LogP) is 15.5. The van der Waals surface area contributed by atoms with Crippen molar-refractivity contribution in [3.8, 4) is 33.4 Å². The molecule has 1 heterocycles. The van der Waals surface area contributed by atoms with E-state index in [2.05, 4.69) is 205 Å². The summed E-state index contributed by atoms with van der Waals surface area (Å²) >= 11 is 0. The summed E-state index contributed by atoms with van der Waals surface area (Å²) < 4.78 is 6.16. The Bertz CT molecular complexity index is 3250. The Hall–Kier alpha value is -7.42. The van der Waals surface area contributed by atoms with Gasteiger partial charge in [0.25, 0.3) is 0 Å². The van der Waals surface area contributed by atoms with Gasteiger partial charge in [0.2, 0.25) is 0 Å². The molecule has 2 heteroatoms. The summed E-state index contributed by atoms with van der Waals surface area (Å²) in [5, 5.41) is 9.81. The second-order valence-electron chi connectivity index (χ2n) is 14.5. The van der Waals surface area contributed by atoms with Crippen molar-refractivity contribution in [2.24, 2.45) is 0 Å². The second-order valence-corrected chi connectivity index (χ2v) is 14.5. The molecule has 0 N–H and O–H groups in total. The van der Waals surface area contributed by atoms with Crippen molar-refractivity contribution in [1.82, 2.24) is 0 Å². The number of hydrogen-bond donors (Lipinski definition) is 0. The molecule has 0 aliphatic carbocycles. The van der Waals surface area contributed by atoms with Crippen molar-refractivity contribution in [2.45, 2.75) is 0 Å². The number of furan rings is 1. The molecule has 11 rings (SSSR count). The zero-order valence-corrected chi connectivity index (χ0v) is 30.6. The third kappa shape index (κ3) is 5.51. The molecule has 0 unspecified atom stereocenters. The van der Waals surface area contributed by atoms with E-state index in [1.54, 1.807) is 0 Å². The van der Waals surface area contributed by atoms with E-state index in [0.29, 0.717) is 0 Å². The molecule has 10 aromatic carbocycles. The Kier molecular flexibility index (Phi) is 7.53. The van der Waals surface area contributed by atoms with Gasteiger partial charge in [0, 0.05) is 27.8 Å². The number of nitrogens with zero attached hydrogens (tertiary/aromatic N) is 1. The van der Waals surface area contributed by atoms with E-state index in [1.165, 1.54) is 54.6 Å². The first-order chi connectivity index (χ1) is 27.7. The van der Waals surface area contributed by atoms with Gasteiger partial charge in [0.15, 0.2) is 0 Å². The molecule has 0 spiro atoms. The van der Waals surface area contributed by atoms with E-state index in [1.807, 2.05) is 12.1 Å². The molecule has 0 bridgehead atoms. The molecule has 0 fully saturated rings. The quantitative estimate of drug-likeness (QED) is 0.160. The van der Waals surface area contributed by atoms with E-state index >= 15 is 0 Å². The molecule has 0 radical (unpaired) electrons. The van der Waals surface area contributed by atoms with Crippen molar-refractivity contribution in [3.63, 3.8) is 0 Å². The average Bonchev–Trinajstić information content (AvgIpc) is 3.65. The zero-order chi connectivity index (χ0) is 37.0. The zero-order valence-electron chi connectivity index (χ0n) is 30.6. The molecular weight excluding hydrogens is 679 g/mol. The highest BCUT2D eigenvalue weighted by Crippen LogP contribution is 2.41. The molecule has 1 aromatic heterocycles. The van der Waals surface area contributed by atoms with Gasteiger partial charge < -0.3 is 9.32 Å².